The SMILES string of the molecule is CC(=O)NC1CCN(C(=O)c2sccc2C#CCN)CC1. The Balaban J connectivity index is 1.99. The van der Waals surface area contributed by atoms with Gasteiger partial charge in [0.25, 0.3) is 5.91 Å². The van der Waals surface area contributed by atoms with Crippen LogP contribution in [-0.2, 0) is 4.79 Å². The van der Waals surface area contributed by atoms with Gasteiger partial charge >= 0.3 is 0 Å². The van der Waals surface area contributed by atoms with Crippen molar-refractivity contribution in [1.82, 2.24) is 10.2 Å². The molecule has 0 aromatic carbocycles. The van der Waals surface area contributed by atoms with Crippen LogP contribution >= 0.6 is 11.3 Å². The number of nitrogens with zero attached hydrogens (tertiary/aromatic N) is 1. The van der Waals surface area contributed by atoms with Crippen LogP contribution in [-0.4, -0.2) is 42.4 Å². The Labute approximate surface area is 128 Å². The molecule has 6 heteroatoms. The molecule has 21 heavy (non-hydrogen) atoms. The molecule has 1 aromatic heterocycles. The Hall–Kier alpha value is -1.84. The van der Waals surface area contributed by atoms with Crippen molar-refractivity contribution in [1.29, 1.82) is 0 Å². The average molecular weight is 305 g/mol. The molecular formula is C15H19N3O2S. The molecule has 0 bridgehead atoms. The fourth-order valence-corrected chi connectivity index (χ4v) is 3.19. The highest BCUT2D eigenvalue weighted by Gasteiger charge is 2.25. The fourth-order valence-electron chi connectivity index (χ4n) is 2.38. The number of nitrogens with one attached hydrogen (secondary N) is 1. The summed E-state index contributed by atoms with van der Waals surface area (Å²) in [4.78, 5) is 26.1. The van der Waals surface area contributed by atoms with E-state index in [-0.39, 0.29) is 24.4 Å². The van der Waals surface area contributed by atoms with Crippen molar-refractivity contribution in [2.75, 3.05) is 19.6 Å². The van der Waals surface area contributed by atoms with Crippen molar-refractivity contribution in [3.63, 3.8) is 0 Å². The molecule has 0 saturated carbocycles. The van der Waals surface area contributed by atoms with Crippen LogP contribution < -0.4 is 11.1 Å². The number of rotatable bonds is 2. The average Bonchev–Trinajstić information content (AvgIpc) is 2.93. The zero-order valence-electron chi connectivity index (χ0n) is 12.0. The first kappa shape index (κ1) is 15.5. The number of piperidine rings is 1. The Morgan fingerprint density at radius 2 is 2.19 bits per heavy atom. The van der Waals surface area contributed by atoms with Crippen LogP contribution in [0.4, 0.5) is 0 Å². The summed E-state index contributed by atoms with van der Waals surface area (Å²) in [6, 6.07) is 2.02. The van der Waals surface area contributed by atoms with Gasteiger partial charge in [0, 0.05) is 31.6 Å². The molecule has 0 aliphatic carbocycles. The summed E-state index contributed by atoms with van der Waals surface area (Å²) < 4.78 is 0. The molecule has 0 unspecified atom stereocenters. The predicted molar refractivity (Wildman–Crippen MR) is 83.0 cm³/mol. The van der Waals surface area contributed by atoms with Crippen LogP contribution in [0.3, 0.4) is 0 Å². The maximum atomic E-state index is 12.5. The van der Waals surface area contributed by atoms with Crippen LogP contribution in [0.15, 0.2) is 11.4 Å². The van der Waals surface area contributed by atoms with Gasteiger partial charge in [0.15, 0.2) is 0 Å². The van der Waals surface area contributed by atoms with Crippen molar-refractivity contribution < 1.29 is 9.59 Å². The number of hydrogen-bond acceptors (Lipinski definition) is 4. The lowest BCUT2D eigenvalue weighted by Gasteiger charge is -2.32. The molecule has 1 aliphatic rings. The van der Waals surface area contributed by atoms with E-state index in [9.17, 15) is 9.59 Å². The van der Waals surface area contributed by atoms with Crippen molar-refractivity contribution >= 4 is 23.2 Å². The minimum Gasteiger partial charge on any atom is -0.353 e. The topological polar surface area (TPSA) is 75.4 Å². The van der Waals surface area contributed by atoms with E-state index in [2.05, 4.69) is 17.2 Å². The van der Waals surface area contributed by atoms with Crippen molar-refractivity contribution in [3.8, 4) is 11.8 Å². The summed E-state index contributed by atoms with van der Waals surface area (Å²) in [6.07, 6.45) is 1.58. The smallest absolute Gasteiger partial charge is 0.265 e. The zero-order valence-corrected chi connectivity index (χ0v) is 12.8. The minimum absolute atomic E-state index is 0.0163. The predicted octanol–water partition coefficient (Wildman–Crippen LogP) is 0.799. The first-order chi connectivity index (χ1) is 10.1. The molecule has 0 spiro atoms. The molecule has 1 aromatic rings. The van der Waals surface area contributed by atoms with E-state index in [4.69, 9.17) is 5.73 Å². The highest BCUT2D eigenvalue weighted by molar-refractivity contribution is 7.12. The highest BCUT2D eigenvalue weighted by Crippen LogP contribution is 2.21. The van der Waals surface area contributed by atoms with Crippen LogP contribution in [0.5, 0.6) is 0 Å². The van der Waals surface area contributed by atoms with Gasteiger partial charge < -0.3 is 16.0 Å². The van der Waals surface area contributed by atoms with Crippen molar-refractivity contribution in [3.05, 3.63) is 21.9 Å². The number of amides is 2. The number of carbonyl (C=O) groups is 2. The van der Waals surface area contributed by atoms with E-state index in [1.807, 2.05) is 16.3 Å². The maximum Gasteiger partial charge on any atom is 0.265 e. The zero-order chi connectivity index (χ0) is 15.2. The van der Waals surface area contributed by atoms with Crippen LogP contribution in [0.25, 0.3) is 0 Å². The maximum absolute atomic E-state index is 12.5. The second-order valence-electron chi connectivity index (χ2n) is 4.94. The first-order valence-corrected chi connectivity index (χ1v) is 7.82. The quantitative estimate of drug-likeness (QED) is 0.794. The van der Waals surface area contributed by atoms with Gasteiger partial charge in [0.1, 0.15) is 4.88 Å². The molecular weight excluding hydrogens is 286 g/mol. The van der Waals surface area contributed by atoms with Gasteiger partial charge in [-0.05, 0) is 24.3 Å². The van der Waals surface area contributed by atoms with Crippen LogP contribution in [0.2, 0.25) is 0 Å². The molecule has 2 heterocycles. The van der Waals surface area contributed by atoms with Gasteiger partial charge in [-0.3, -0.25) is 9.59 Å². The Morgan fingerprint density at radius 1 is 1.48 bits per heavy atom. The molecule has 3 N–H and O–H groups in total. The molecule has 112 valence electrons. The number of hydrogen-bond donors (Lipinski definition) is 2. The second kappa shape index (κ2) is 7.25. The summed E-state index contributed by atoms with van der Waals surface area (Å²) in [5, 5.41) is 4.78. The van der Waals surface area contributed by atoms with Crippen molar-refractivity contribution in [2.45, 2.75) is 25.8 Å². The molecule has 5 nitrogen and oxygen atoms in total. The van der Waals surface area contributed by atoms with Crippen LogP contribution in [0.1, 0.15) is 35.0 Å². The standard InChI is InChI=1S/C15H19N3O2S/c1-11(19)17-13-4-8-18(9-5-13)15(20)14-12(3-2-7-16)6-10-21-14/h6,10,13H,4-5,7-9,16H2,1H3,(H,17,19). The minimum atomic E-state index is -0.0163. The van der Waals surface area contributed by atoms with E-state index in [1.165, 1.54) is 18.3 Å². The third-order valence-corrected chi connectivity index (χ3v) is 4.28. The normalized spacial score (nSPS) is 15.2. The molecule has 0 radical (unpaired) electrons. The molecule has 1 aliphatic heterocycles. The summed E-state index contributed by atoms with van der Waals surface area (Å²) in [7, 11) is 0. The molecule has 2 rings (SSSR count). The largest absolute Gasteiger partial charge is 0.353 e. The summed E-state index contributed by atoms with van der Waals surface area (Å²) in [5.74, 6) is 5.73. The number of thiophene rings is 1. The van der Waals surface area contributed by atoms with Gasteiger partial charge in [-0.2, -0.15) is 0 Å². The van der Waals surface area contributed by atoms with Gasteiger partial charge in [-0.15, -0.1) is 11.3 Å². The number of likely N-dealkylation sites (tertiary alicyclic amines) is 1. The van der Waals surface area contributed by atoms with Crippen molar-refractivity contribution in [2.24, 2.45) is 5.73 Å². The molecule has 1 fully saturated rings. The number of nitrogens with two attached hydrogens (primary N) is 1. The lowest BCUT2D eigenvalue weighted by atomic mass is 10.0. The first-order valence-electron chi connectivity index (χ1n) is 6.94. The highest BCUT2D eigenvalue weighted by atomic mass is 32.1. The Bertz CT molecular complexity index is 577. The molecule has 2 amide bonds. The van der Waals surface area contributed by atoms with E-state index in [0.29, 0.717) is 18.0 Å². The number of carbonyl (C=O) groups excluding carboxylic acids is 2. The van der Waals surface area contributed by atoms with Gasteiger partial charge in [0.2, 0.25) is 5.91 Å². The summed E-state index contributed by atoms with van der Waals surface area (Å²) in [6.45, 7) is 3.12. The fraction of sp³-hybridized carbons (Fsp3) is 0.467. The van der Waals surface area contributed by atoms with E-state index >= 15 is 0 Å². The lowest BCUT2D eigenvalue weighted by molar-refractivity contribution is -0.119. The Morgan fingerprint density at radius 3 is 2.81 bits per heavy atom. The van der Waals surface area contributed by atoms with Gasteiger partial charge in [-0.1, -0.05) is 11.8 Å². The van der Waals surface area contributed by atoms with E-state index in [0.717, 1.165) is 18.4 Å². The Kier molecular flexibility index (Phi) is 5.37. The molecule has 0 atom stereocenters. The van der Waals surface area contributed by atoms with Gasteiger partial charge in [0.05, 0.1) is 6.54 Å². The third kappa shape index (κ3) is 4.06. The molecule has 1 saturated heterocycles. The lowest BCUT2D eigenvalue weighted by Crippen LogP contribution is -2.46. The van der Waals surface area contributed by atoms with Crippen LogP contribution in [0, 0.1) is 11.8 Å². The summed E-state index contributed by atoms with van der Waals surface area (Å²) >= 11 is 1.41. The second-order valence-corrected chi connectivity index (χ2v) is 5.85. The van der Waals surface area contributed by atoms with Gasteiger partial charge in [-0.25, -0.2) is 0 Å². The van der Waals surface area contributed by atoms with E-state index in [1.54, 1.807) is 0 Å². The summed E-state index contributed by atoms with van der Waals surface area (Å²) in [5.41, 5.74) is 6.12. The third-order valence-electron chi connectivity index (χ3n) is 3.37. The monoisotopic (exact) mass is 305 g/mol. The van der Waals surface area contributed by atoms with E-state index < -0.39 is 0 Å².